The third-order valence-corrected chi connectivity index (χ3v) is 5.86. The summed E-state index contributed by atoms with van der Waals surface area (Å²) in [4.78, 5) is 3.15. The number of hydrogen-bond donors (Lipinski definition) is 2. The number of aromatic amines is 1. The molecule has 4 nitrogen and oxygen atoms in total. The summed E-state index contributed by atoms with van der Waals surface area (Å²) in [6, 6.07) is 11.2. The number of sulfone groups is 1. The quantitative estimate of drug-likeness (QED) is 0.705. The Bertz CT molecular complexity index is 994. The van der Waals surface area contributed by atoms with Crippen LogP contribution in [0.3, 0.4) is 0 Å². The molecule has 0 aliphatic heterocycles. The minimum absolute atomic E-state index is 0.0430. The molecule has 0 fully saturated rings. The van der Waals surface area contributed by atoms with Crippen molar-refractivity contribution in [2.75, 3.05) is 6.54 Å². The van der Waals surface area contributed by atoms with Crippen molar-refractivity contribution in [2.24, 2.45) is 0 Å². The number of aromatic nitrogens is 1. The molecule has 2 aromatic carbocycles. The Morgan fingerprint density at radius 3 is 2.68 bits per heavy atom. The molecule has 0 amide bonds. The average Bonchev–Trinajstić information content (AvgIpc) is 2.98. The molecule has 132 valence electrons. The Balaban J connectivity index is 1.93. The SMILES string of the molecule is CC(C)NCCc1ccc2c(S(=O)(=O)c3cccc(F)c3)c[nH]c2c1. The van der Waals surface area contributed by atoms with Crippen molar-refractivity contribution in [2.45, 2.75) is 36.1 Å². The highest BCUT2D eigenvalue weighted by Crippen LogP contribution is 2.29. The van der Waals surface area contributed by atoms with E-state index < -0.39 is 15.7 Å². The van der Waals surface area contributed by atoms with E-state index in [2.05, 4.69) is 24.1 Å². The molecule has 6 heteroatoms. The molecule has 3 rings (SSSR count). The zero-order valence-corrected chi connectivity index (χ0v) is 15.0. The molecule has 25 heavy (non-hydrogen) atoms. The Hall–Kier alpha value is -2.18. The summed E-state index contributed by atoms with van der Waals surface area (Å²) in [5, 5.41) is 3.97. The van der Waals surface area contributed by atoms with Crippen LogP contribution in [0.25, 0.3) is 10.9 Å². The summed E-state index contributed by atoms with van der Waals surface area (Å²) in [6.07, 6.45) is 2.33. The molecule has 0 aliphatic carbocycles. The Morgan fingerprint density at radius 2 is 1.96 bits per heavy atom. The minimum atomic E-state index is -3.77. The molecule has 0 unspecified atom stereocenters. The number of rotatable bonds is 6. The number of hydrogen-bond acceptors (Lipinski definition) is 3. The molecule has 0 saturated carbocycles. The zero-order valence-electron chi connectivity index (χ0n) is 14.2. The molecule has 0 aliphatic rings. The van der Waals surface area contributed by atoms with E-state index in [1.165, 1.54) is 24.4 Å². The van der Waals surface area contributed by atoms with Gasteiger partial charge in [0.1, 0.15) is 5.82 Å². The zero-order chi connectivity index (χ0) is 18.0. The fraction of sp³-hybridized carbons (Fsp3) is 0.263. The van der Waals surface area contributed by atoms with E-state index in [1.807, 2.05) is 18.2 Å². The van der Waals surface area contributed by atoms with Crippen LogP contribution in [0.5, 0.6) is 0 Å². The largest absolute Gasteiger partial charge is 0.360 e. The maximum atomic E-state index is 13.4. The summed E-state index contributed by atoms with van der Waals surface area (Å²) >= 11 is 0. The van der Waals surface area contributed by atoms with Gasteiger partial charge < -0.3 is 10.3 Å². The number of halogens is 1. The van der Waals surface area contributed by atoms with Crippen LogP contribution in [0.2, 0.25) is 0 Å². The molecule has 0 spiro atoms. The molecule has 0 atom stereocenters. The Morgan fingerprint density at radius 1 is 1.16 bits per heavy atom. The van der Waals surface area contributed by atoms with Crippen molar-refractivity contribution in [3.05, 3.63) is 60.0 Å². The van der Waals surface area contributed by atoms with Gasteiger partial charge in [0.15, 0.2) is 0 Å². The van der Waals surface area contributed by atoms with Gasteiger partial charge in [-0.3, -0.25) is 0 Å². The van der Waals surface area contributed by atoms with Crippen LogP contribution in [0, 0.1) is 5.82 Å². The molecule has 0 radical (unpaired) electrons. The van der Waals surface area contributed by atoms with Crippen molar-refractivity contribution in [1.82, 2.24) is 10.3 Å². The van der Waals surface area contributed by atoms with Gasteiger partial charge in [0.2, 0.25) is 9.84 Å². The summed E-state index contributed by atoms with van der Waals surface area (Å²) in [5.74, 6) is -0.569. The van der Waals surface area contributed by atoms with Crippen LogP contribution in [-0.2, 0) is 16.3 Å². The fourth-order valence-electron chi connectivity index (χ4n) is 2.79. The first-order chi connectivity index (χ1) is 11.9. The Labute approximate surface area is 147 Å². The van der Waals surface area contributed by atoms with E-state index in [-0.39, 0.29) is 9.79 Å². The van der Waals surface area contributed by atoms with Crippen LogP contribution in [0.4, 0.5) is 4.39 Å². The van der Waals surface area contributed by atoms with Crippen molar-refractivity contribution in [1.29, 1.82) is 0 Å². The number of benzene rings is 2. The topological polar surface area (TPSA) is 62.0 Å². The second kappa shape index (κ2) is 6.98. The summed E-state index contributed by atoms with van der Waals surface area (Å²) < 4.78 is 39.0. The summed E-state index contributed by atoms with van der Waals surface area (Å²) in [5.41, 5.74) is 1.88. The van der Waals surface area contributed by atoms with Crippen molar-refractivity contribution in [3.63, 3.8) is 0 Å². The maximum absolute atomic E-state index is 13.4. The first-order valence-corrected chi connectivity index (χ1v) is 9.70. The third-order valence-electron chi connectivity index (χ3n) is 4.07. The molecule has 3 aromatic rings. The predicted octanol–water partition coefficient (Wildman–Crippen LogP) is 3.68. The van der Waals surface area contributed by atoms with E-state index >= 15 is 0 Å². The van der Waals surface area contributed by atoms with E-state index in [0.717, 1.165) is 30.1 Å². The second-order valence-electron chi connectivity index (χ2n) is 6.35. The summed E-state index contributed by atoms with van der Waals surface area (Å²) in [7, 11) is -3.77. The molecule has 1 heterocycles. The van der Waals surface area contributed by atoms with E-state index in [0.29, 0.717) is 11.4 Å². The van der Waals surface area contributed by atoms with E-state index in [9.17, 15) is 12.8 Å². The summed E-state index contributed by atoms with van der Waals surface area (Å²) in [6.45, 7) is 5.05. The smallest absolute Gasteiger partial charge is 0.208 e. The van der Waals surface area contributed by atoms with Crippen molar-refractivity contribution < 1.29 is 12.8 Å². The normalized spacial score (nSPS) is 12.2. The lowest BCUT2D eigenvalue weighted by atomic mass is 10.1. The van der Waals surface area contributed by atoms with Gasteiger partial charge in [-0.15, -0.1) is 0 Å². The lowest BCUT2D eigenvalue weighted by Gasteiger charge is -2.08. The van der Waals surface area contributed by atoms with Crippen LogP contribution in [0.15, 0.2) is 58.5 Å². The molecule has 2 N–H and O–H groups in total. The second-order valence-corrected chi connectivity index (χ2v) is 8.27. The molecule has 0 saturated heterocycles. The van der Waals surface area contributed by atoms with Gasteiger partial charge in [-0.05, 0) is 42.8 Å². The third kappa shape index (κ3) is 3.75. The molecule has 1 aromatic heterocycles. The van der Waals surface area contributed by atoms with Gasteiger partial charge >= 0.3 is 0 Å². The lowest BCUT2D eigenvalue weighted by molar-refractivity contribution is 0.590. The van der Waals surface area contributed by atoms with Gasteiger partial charge in [0.25, 0.3) is 0 Å². The highest BCUT2D eigenvalue weighted by molar-refractivity contribution is 7.91. The number of H-pyrrole nitrogens is 1. The van der Waals surface area contributed by atoms with Crippen molar-refractivity contribution >= 4 is 20.7 Å². The van der Waals surface area contributed by atoms with Gasteiger partial charge in [-0.25, -0.2) is 12.8 Å². The molecule has 0 bridgehead atoms. The minimum Gasteiger partial charge on any atom is -0.360 e. The van der Waals surface area contributed by atoms with E-state index in [1.54, 1.807) is 0 Å². The van der Waals surface area contributed by atoms with Gasteiger partial charge in [-0.1, -0.05) is 32.0 Å². The number of fused-ring (bicyclic) bond motifs is 1. The van der Waals surface area contributed by atoms with Gasteiger partial charge in [0.05, 0.1) is 9.79 Å². The average molecular weight is 360 g/mol. The maximum Gasteiger partial charge on any atom is 0.208 e. The highest BCUT2D eigenvalue weighted by Gasteiger charge is 2.22. The molecular weight excluding hydrogens is 339 g/mol. The van der Waals surface area contributed by atoms with E-state index in [4.69, 9.17) is 0 Å². The monoisotopic (exact) mass is 360 g/mol. The standard InChI is InChI=1S/C19H21FN2O2S/c1-13(2)21-9-8-14-6-7-17-18(10-14)22-12-19(17)25(23,24)16-5-3-4-15(20)11-16/h3-7,10-13,21-22H,8-9H2,1-2H3. The lowest BCUT2D eigenvalue weighted by Crippen LogP contribution is -2.24. The Kier molecular flexibility index (Phi) is 4.92. The predicted molar refractivity (Wildman–Crippen MR) is 97.0 cm³/mol. The van der Waals surface area contributed by atoms with Crippen LogP contribution >= 0.6 is 0 Å². The first-order valence-electron chi connectivity index (χ1n) is 8.22. The first kappa shape index (κ1) is 17.6. The van der Waals surface area contributed by atoms with Crippen molar-refractivity contribution in [3.8, 4) is 0 Å². The van der Waals surface area contributed by atoms with Gasteiger partial charge in [-0.2, -0.15) is 0 Å². The van der Waals surface area contributed by atoms with Crippen LogP contribution in [-0.4, -0.2) is 26.0 Å². The van der Waals surface area contributed by atoms with Crippen LogP contribution in [0.1, 0.15) is 19.4 Å². The highest BCUT2D eigenvalue weighted by atomic mass is 32.2. The molecular formula is C19H21FN2O2S. The number of nitrogens with one attached hydrogen (secondary N) is 2. The fourth-order valence-corrected chi connectivity index (χ4v) is 4.25. The van der Waals surface area contributed by atoms with Gasteiger partial charge in [0, 0.05) is 23.1 Å². The van der Waals surface area contributed by atoms with Crippen LogP contribution < -0.4 is 5.32 Å².